The number of esters is 1. The van der Waals surface area contributed by atoms with E-state index >= 15 is 0 Å². The van der Waals surface area contributed by atoms with Crippen LogP contribution in [0.2, 0.25) is 0 Å². The molecule has 0 N–H and O–H groups in total. The van der Waals surface area contributed by atoms with Crippen LogP contribution in [-0.2, 0) is 27.4 Å². The Morgan fingerprint density at radius 3 is 2.53 bits per heavy atom. The molecule has 0 fully saturated rings. The van der Waals surface area contributed by atoms with Crippen LogP contribution in [0.4, 0.5) is 0 Å². The predicted octanol–water partition coefficient (Wildman–Crippen LogP) is 4.20. The summed E-state index contributed by atoms with van der Waals surface area (Å²) in [4.78, 5) is 26.7. The van der Waals surface area contributed by atoms with Crippen molar-refractivity contribution in [2.75, 3.05) is 20.3 Å². The Balaban J connectivity index is 1.54. The van der Waals surface area contributed by atoms with Gasteiger partial charge in [0.1, 0.15) is 18.4 Å². The quantitative estimate of drug-likeness (QED) is 0.401. The number of halogens is 1. The normalized spacial score (nSPS) is 14.0. The van der Waals surface area contributed by atoms with Crippen LogP contribution < -0.4 is 4.74 Å². The van der Waals surface area contributed by atoms with E-state index < -0.39 is 12.0 Å². The number of carbonyl (C=O) groups excluding carboxylic acids is 2. The summed E-state index contributed by atoms with van der Waals surface area (Å²) in [5.74, 6) is -0.0127. The van der Waals surface area contributed by atoms with Crippen molar-refractivity contribution in [3.05, 3.63) is 63.6 Å². The number of ether oxygens (including phenoxy) is 3. The zero-order chi connectivity index (χ0) is 21.7. The molecule has 1 aliphatic rings. The van der Waals surface area contributed by atoms with Crippen molar-refractivity contribution in [2.24, 2.45) is 5.92 Å². The molecule has 0 aromatic heterocycles. The number of hydrogen-bond donors (Lipinski definition) is 0. The molecule has 0 spiro atoms. The zero-order valence-corrected chi connectivity index (χ0v) is 19.0. The lowest BCUT2D eigenvalue weighted by molar-refractivity contribution is -0.147. The average molecular weight is 476 g/mol. The Hall–Kier alpha value is -2.38. The molecule has 160 valence electrons. The Morgan fingerprint density at radius 2 is 1.87 bits per heavy atom. The monoisotopic (exact) mass is 475 g/mol. The molecule has 3 rings (SSSR count). The highest BCUT2D eigenvalue weighted by molar-refractivity contribution is 9.10. The molecular formula is C23H26BrNO5. The Labute approximate surface area is 185 Å². The highest BCUT2D eigenvalue weighted by Crippen LogP contribution is 2.30. The third-order valence-electron chi connectivity index (χ3n) is 5.00. The Morgan fingerprint density at radius 1 is 1.13 bits per heavy atom. The van der Waals surface area contributed by atoms with Crippen LogP contribution >= 0.6 is 15.9 Å². The van der Waals surface area contributed by atoms with Crippen LogP contribution in [0.25, 0.3) is 0 Å². The van der Waals surface area contributed by atoms with Crippen molar-refractivity contribution in [3.63, 3.8) is 0 Å². The minimum Gasteiger partial charge on any atom is -0.491 e. The molecule has 1 amide bonds. The molecule has 2 aromatic rings. The summed E-state index contributed by atoms with van der Waals surface area (Å²) in [6, 6.07) is 12.8. The molecule has 1 atom stereocenters. The fraction of sp³-hybridized carbons (Fsp3) is 0.391. The van der Waals surface area contributed by atoms with Crippen LogP contribution in [-0.4, -0.2) is 43.1 Å². The second-order valence-corrected chi connectivity index (χ2v) is 8.41. The first kappa shape index (κ1) is 22.3. The molecular weight excluding hydrogens is 450 g/mol. The lowest BCUT2D eigenvalue weighted by Crippen LogP contribution is -2.45. The van der Waals surface area contributed by atoms with Crippen molar-refractivity contribution in [1.82, 2.24) is 4.90 Å². The molecule has 1 aliphatic heterocycles. The minimum absolute atomic E-state index is 0.0469. The number of carbonyl (C=O) groups is 2. The van der Waals surface area contributed by atoms with Crippen molar-refractivity contribution in [3.8, 4) is 5.75 Å². The molecule has 7 heteroatoms. The van der Waals surface area contributed by atoms with Gasteiger partial charge in [0, 0.05) is 16.6 Å². The molecule has 0 saturated heterocycles. The van der Waals surface area contributed by atoms with E-state index in [2.05, 4.69) is 15.9 Å². The fourth-order valence-electron chi connectivity index (χ4n) is 3.49. The van der Waals surface area contributed by atoms with Gasteiger partial charge < -0.3 is 19.1 Å². The summed E-state index contributed by atoms with van der Waals surface area (Å²) in [5, 5.41) is 0. The van der Waals surface area contributed by atoms with Crippen molar-refractivity contribution in [2.45, 2.75) is 33.0 Å². The topological polar surface area (TPSA) is 65.1 Å². The zero-order valence-electron chi connectivity index (χ0n) is 17.4. The lowest BCUT2D eigenvalue weighted by Gasteiger charge is -2.28. The molecule has 0 aliphatic carbocycles. The number of rotatable bonds is 9. The molecule has 0 bridgehead atoms. The van der Waals surface area contributed by atoms with Crippen LogP contribution in [0, 0.1) is 5.92 Å². The highest BCUT2D eigenvalue weighted by atomic mass is 79.9. The summed E-state index contributed by atoms with van der Waals surface area (Å²) >= 11 is 3.41. The van der Waals surface area contributed by atoms with Gasteiger partial charge in [-0.3, -0.25) is 4.79 Å². The lowest BCUT2D eigenvalue weighted by atomic mass is 10.0. The number of hydrogen-bond acceptors (Lipinski definition) is 5. The highest BCUT2D eigenvalue weighted by Gasteiger charge is 2.38. The van der Waals surface area contributed by atoms with Crippen LogP contribution in [0.5, 0.6) is 5.75 Å². The summed E-state index contributed by atoms with van der Waals surface area (Å²) < 4.78 is 17.3. The first-order valence-corrected chi connectivity index (χ1v) is 10.7. The number of methoxy groups -OCH3 is 1. The largest absolute Gasteiger partial charge is 0.491 e. The summed E-state index contributed by atoms with van der Waals surface area (Å²) in [7, 11) is 1.34. The molecule has 1 unspecified atom stereocenters. The van der Waals surface area contributed by atoms with Gasteiger partial charge in [0.15, 0.2) is 0 Å². The van der Waals surface area contributed by atoms with E-state index in [1.165, 1.54) is 7.11 Å². The fourth-order valence-corrected chi connectivity index (χ4v) is 3.75. The molecule has 0 radical (unpaired) electrons. The maximum Gasteiger partial charge on any atom is 0.328 e. The van der Waals surface area contributed by atoms with E-state index in [4.69, 9.17) is 14.2 Å². The SMILES string of the molecule is COC(=O)C(C(C)C)N1Cc2ccc(OCCOCc3ccc(Br)cc3)cc2C1=O. The third-order valence-corrected chi connectivity index (χ3v) is 5.53. The van der Waals surface area contributed by atoms with Gasteiger partial charge in [-0.25, -0.2) is 4.79 Å². The van der Waals surface area contributed by atoms with E-state index in [0.717, 1.165) is 15.6 Å². The van der Waals surface area contributed by atoms with Gasteiger partial charge in [-0.1, -0.05) is 48.0 Å². The summed E-state index contributed by atoms with van der Waals surface area (Å²) in [6.07, 6.45) is 0. The molecule has 2 aromatic carbocycles. The number of nitrogens with zero attached hydrogens (tertiary/aromatic N) is 1. The van der Waals surface area contributed by atoms with E-state index in [9.17, 15) is 9.59 Å². The van der Waals surface area contributed by atoms with Gasteiger partial charge in [-0.2, -0.15) is 0 Å². The van der Waals surface area contributed by atoms with Gasteiger partial charge >= 0.3 is 5.97 Å². The second-order valence-electron chi connectivity index (χ2n) is 7.49. The predicted molar refractivity (Wildman–Crippen MR) is 116 cm³/mol. The number of fused-ring (bicyclic) bond motifs is 1. The number of amides is 1. The molecule has 30 heavy (non-hydrogen) atoms. The van der Waals surface area contributed by atoms with Crippen LogP contribution in [0.3, 0.4) is 0 Å². The van der Waals surface area contributed by atoms with Crippen LogP contribution in [0.1, 0.15) is 35.3 Å². The smallest absolute Gasteiger partial charge is 0.328 e. The van der Waals surface area contributed by atoms with Crippen molar-refractivity contribution < 1.29 is 23.8 Å². The van der Waals surface area contributed by atoms with E-state index in [1.54, 1.807) is 11.0 Å². The van der Waals surface area contributed by atoms with Gasteiger partial charge in [0.2, 0.25) is 0 Å². The molecule has 6 nitrogen and oxygen atoms in total. The average Bonchev–Trinajstić information content (AvgIpc) is 3.04. The Bertz CT molecular complexity index is 897. The van der Waals surface area contributed by atoms with Crippen molar-refractivity contribution >= 4 is 27.8 Å². The maximum atomic E-state index is 12.9. The molecule has 1 heterocycles. The second kappa shape index (κ2) is 10.1. The van der Waals surface area contributed by atoms with Gasteiger partial charge in [0.05, 0.1) is 20.3 Å². The van der Waals surface area contributed by atoms with E-state index in [0.29, 0.717) is 37.7 Å². The first-order valence-electron chi connectivity index (χ1n) is 9.87. The van der Waals surface area contributed by atoms with Gasteiger partial charge in [-0.15, -0.1) is 0 Å². The Kier molecular flexibility index (Phi) is 7.50. The maximum absolute atomic E-state index is 12.9. The summed E-state index contributed by atoms with van der Waals surface area (Å²) in [6.45, 7) is 5.53. The molecule has 0 saturated carbocycles. The van der Waals surface area contributed by atoms with Crippen molar-refractivity contribution in [1.29, 1.82) is 0 Å². The van der Waals surface area contributed by atoms with Crippen LogP contribution in [0.15, 0.2) is 46.9 Å². The first-order chi connectivity index (χ1) is 14.4. The summed E-state index contributed by atoms with van der Waals surface area (Å²) in [5.41, 5.74) is 2.54. The minimum atomic E-state index is -0.605. The standard InChI is InChI=1S/C23H26BrNO5/c1-15(2)21(23(27)28-3)25-13-17-6-9-19(12-20(17)22(25)26)30-11-10-29-14-16-4-7-18(24)8-5-16/h4-9,12,15,21H,10-11,13-14H2,1-3H3. The van der Waals surface area contributed by atoms with E-state index in [-0.39, 0.29) is 11.8 Å². The number of benzene rings is 2. The van der Waals surface area contributed by atoms with E-state index in [1.807, 2.05) is 50.2 Å². The van der Waals surface area contributed by atoms with Gasteiger partial charge in [-0.05, 0) is 41.3 Å². The van der Waals surface area contributed by atoms with Gasteiger partial charge in [0.25, 0.3) is 5.91 Å². The third kappa shape index (κ3) is 5.21.